The first kappa shape index (κ1) is 22.0. The second-order valence-electron chi connectivity index (χ2n) is 8.20. The number of nitrogens with one attached hydrogen (secondary N) is 1. The highest BCUT2D eigenvalue weighted by atomic mass is 19.4. The summed E-state index contributed by atoms with van der Waals surface area (Å²) in [5, 5.41) is 6.70. The quantitative estimate of drug-likeness (QED) is 0.594. The molecule has 176 valence electrons. The Kier molecular flexibility index (Phi) is 5.30. The molecule has 0 amide bonds. The number of hydrogen-bond donors (Lipinski definition) is 1. The number of Topliss-reactive ketones (excluding diaryl/α,β-unsaturated/α-hetero) is 1. The van der Waals surface area contributed by atoms with Gasteiger partial charge in [0.25, 0.3) is 5.82 Å². The summed E-state index contributed by atoms with van der Waals surface area (Å²) < 4.78 is 51.8. The van der Waals surface area contributed by atoms with Crippen molar-refractivity contribution < 1.29 is 27.4 Å². The summed E-state index contributed by atoms with van der Waals surface area (Å²) in [5.74, 6) is -0.282. The molecule has 5 rings (SSSR count). The number of nitrogens with zero attached hydrogens (tertiary/aromatic N) is 3. The number of carbonyl (C=O) groups excluding carboxylic acids is 1. The maximum atomic E-state index is 13.4. The van der Waals surface area contributed by atoms with E-state index in [0.29, 0.717) is 34.8 Å². The fraction of sp³-hybridized carbons (Fsp3) is 0.292. The molecule has 0 fully saturated rings. The maximum absolute atomic E-state index is 13.4. The van der Waals surface area contributed by atoms with Crippen LogP contribution in [0.25, 0.3) is 0 Å². The first-order valence-corrected chi connectivity index (χ1v) is 10.6. The number of ketones is 1. The van der Waals surface area contributed by atoms with Crippen LogP contribution in [0.2, 0.25) is 0 Å². The van der Waals surface area contributed by atoms with Crippen LogP contribution < -0.4 is 14.8 Å². The number of ether oxygens (including phenoxy) is 2. The van der Waals surface area contributed by atoms with Crippen molar-refractivity contribution in [2.24, 2.45) is 0 Å². The van der Waals surface area contributed by atoms with E-state index >= 15 is 0 Å². The molecule has 7 nitrogen and oxygen atoms in total. The molecule has 0 spiro atoms. The standard InChI is InChI=1S/C24H21F3N4O3/c1-33-16-7-3-13(4-8-16)15-11-18-20(19(32)12-15)21(14-5-9-17(34-2)10-6-14)31-23(28-18)29-22(30-31)24(25,26)27/h3-10,15,21H,11-12H2,1-2H3,(H,28,29,30)/t15-,21-/m1/s1. The number of halogens is 3. The molecule has 2 aromatic carbocycles. The third-order valence-electron chi connectivity index (χ3n) is 6.19. The third-order valence-corrected chi connectivity index (χ3v) is 6.19. The van der Waals surface area contributed by atoms with Crippen LogP contribution in [-0.2, 0) is 11.0 Å². The molecular formula is C24H21F3N4O3. The van der Waals surface area contributed by atoms with Crippen molar-refractivity contribution in [2.75, 3.05) is 19.5 Å². The van der Waals surface area contributed by atoms with E-state index in [9.17, 15) is 18.0 Å². The van der Waals surface area contributed by atoms with E-state index < -0.39 is 18.0 Å². The minimum absolute atomic E-state index is 0.0462. The van der Waals surface area contributed by atoms with Crippen molar-refractivity contribution in [2.45, 2.75) is 31.0 Å². The molecule has 3 aromatic rings. The Bertz CT molecular complexity index is 1260. The Morgan fingerprint density at radius 2 is 1.53 bits per heavy atom. The molecule has 1 aliphatic heterocycles. The van der Waals surface area contributed by atoms with E-state index in [-0.39, 0.29) is 24.1 Å². The van der Waals surface area contributed by atoms with Crippen molar-refractivity contribution in [3.05, 3.63) is 76.8 Å². The van der Waals surface area contributed by atoms with Gasteiger partial charge in [-0.15, -0.1) is 5.10 Å². The molecule has 0 unspecified atom stereocenters. The SMILES string of the molecule is COc1ccc([C@H]2CC(=O)C3=C(C2)Nc2nc(C(F)(F)F)nn2[C@@H]3c2ccc(OC)cc2)cc1. The molecule has 0 saturated carbocycles. The lowest BCUT2D eigenvalue weighted by atomic mass is 9.78. The number of anilines is 1. The normalized spacial score (nSPS) is 19.9. The fourth-order valence-corrected chi connectivity index (χ4v) is 4.54. The molecule has 10 heteroatoms. The molecule has 0 saturated heterocycles. The summed E-state index contributed by atoms with van der Waals surface area (Å²) in [6.07, 6.45) is -4.03. The largest absolute Gasteiger partial charge is 0.497 e. The lowest BCUT2D eigenvalue weighted by Gasteiger charge is -2.35. The van der Waals surface area contributed by atoms with Gasteiger partial charge < -0.3 is 14.8 Å². The van der Waals surface area contributed by atoms with Crippen molar-refractivity contribution in [1.29, 1.82) is 0 Å². The molecule has 1 aliphatic carbocycles. The number of methoxy groups -OCH3 is 2. The summed E-state index contributed by atoms with van der Waals surface area (Å²) in [6.45, 7) is 0. The zero-order chi connectivity index (χ0) is 24.0. The van der Waals surface area contributed by atoms with E-state index in [1.54, 1.807) is 31.4 Å². The first-order valence-electron chi connectivity index (χ1n) is 10.6. The summed E-state index contributed by atoms with van der Waals surface area (Å²) in [4.78, 5) is 17.1. The van der Waals surface area contributed by atoms with Gasteiger partial charge in [-0.25, -0.2) is 4.68 Å². The van der Waals surface area contributed by atoms with E-state index in [1.165, 1.54) is 7.11 Å². The Balaban J connectivity index is 1.58. The van der Waals surface area contributed by atoms with Crippen LogP contribution in [0, 0.1) is 0 Å². The van der Waals surface area contributed by atoms with Crippen molar-refractivity contribution in [3.8, 4) is 11.5 Å². The smallest absolute Gasteiger partial charge is 0.453 e. The highest BCUT2D eigenvalue weighted by Gasteiger charge is 2.43. The Hall–Kier alpha value is -3.82. The summed E-state index contributed by atoms with van der Waals surface area (Å²) >= 11 is 0. The van der Waals surface area contributed by atoms with Crippen LogP contribution in [-0.4, -0.2) is 34.8 Å². The lowest BCUT2D eigenvalue weighted by molar-refractivity contribution is -0.145. The number of fused-ring (bicyclic) bond motifs is 1. The second-order valence-corrected chi connectivity index (χ2v) is 8.20. The molecule has 2 aliphatic rings. The van der Waals surface area contributed by atoms with Gasteiger partial charge in [0, 0.05) is 17.7 Å². The van der Waals surface area contributed by atoms with Crippen LogP contribution in [0.1, 0.15) is 41.8 Å². The van der Waals surface area contributed by atoms with Crippen LogP contribution >= 0.6 is 0 Å². The predicted molar refractivity (Wildman–Crippen MR) is 117 cm³/mol. The summed E-state index contributed by atoms with van der Waals surface area (Å²) in [7, 11) is 3.10. The van der Waals surface area contributed by atoms with Gasteiger partial charge in [-0.2, -0.15) is 18.2 Å². The van der Waals surface area contributed by atoms with Gasteiger partial charge >= 0.3 is 6.18 Å². The maximum Gasteiger partial charge on any atom is 0.453 e. The van der Waals surface area contributed by atoms with E-state index in [1.807, 2.05) is 24.3 Å². The number of hydrogen-bond acceptors (Lipinski definition) is 6. The van der Waals surface area contributed by atoms with Gasteiger partial charge in [0.05, 0.1) is 14.2 Å². The summed E-state index contributed by atoms with van der Waals surface area (Å²) in [5.41, 5.74) is 2.53. The van der Waals surface area contributed by atoms with Crippen molar-refractivity contribution >= 4 is 11.7 Å². The van der Waals surface area contributed by atoms with Gasteiger partial charge in [0.15, 0.2) is 5.78 Å². The average molecular weight is 470 g/mol. The molecular weight excluding hydrogens is 449 g/mol. The van der Waals surface area contributed by atoms with Gasteiger partial charge in [-0.3, -0.25) is 4.79 Å². The minimum Gasteiger partial charge on any atom is -0.497 e. The Morgan fingerprint density at radius 3 is 2.09 bits per heavy atom. The van der Waals surface area contributed by atoms with Crippen molar-refractivity contribution in [3.63, 3.8) is 0 Å². The zero-order valence-electron chi connectivity index (χ0n) is 18.4. The molecule has 34 heavy (non-hydrogen) atoms. The van der Waals surface area contributed by atoms with Gasteiger partial charge in [0.2, 0.25) is 5.95 Å². The number of carbonyl (C=O) groups is 1. The van der Waals surface area contributed by atoms with Crippen molar-refractivity contribution in [1.82, 2.24) is 14.8 Å². The highest BCUT2D eigenvalue weighted by Crippen LogP contribution is 2.45. The first-order chi connectivity index (χ1) is 16.3. The number of alkyl halides is 3. The van der Waals surface area contributed by atoms with Crippen LogP contribution in [0.3, 0.4) is 0 Å². The molecule has 1 aromatic heterocycles. The van der Waals surface area contributed by atoms with Gasteiger partial charge in [-0.05, 0) is 47.7 Å². The molecule has 0 bridgehead atoms. The number of aromatic nitrogens is 3. The molecule has 1 N–H and O–H groups in total. The van der Waals surface area contributed by atoms with Crippen LogP contribution in [0.15, 0.2) is 59.8 Å². The van der Waals surface area contributed by atoms with E-state index in [0.717, 1.165) is 10.2 Å². The average Bonchev–Trinajstić information content (AvgIpc) is 3.27. The van der Waals surface area contributed by atoms with Gasteiger partial charge in [0.1, 0.15) is 17.5 Å². The highest BCUT2D eigenvalue weighted by molar-refractivity contribution is 6.00. The number of rotatable bonds is 4. The monoisotopic (exact) mass is 470 g/mol. The van der Waals surface area contributed by atoms with Gasteiger partial charge in [-0.1, -0.05) is 24.3 Å². The molecule has 2 atom stereocenters. The fourth-order valence-electron chi connectivity index (χ4n) is 4.54. The predicted octanol–water partition coefficient (Wildman–Crippen LogP) is 4.73. The third kappa shape index (κ3) is 3.78. The summed E-state index contributed by atoms with van der Waals surface area (Å²) in [6, 6.07) is 13.5. The number of allylic oxidation sites excluding steroid dienone is 2. The zero-order valence-corrected chi connectivity index (χ0v) is 18.4. The lowest BCUT2D eigenvalue weighted by Crippen LogP contribution is -2.33. The molecule has 2 heterocycles. The van der Waals surface area contributed by atoms with E-state index in [4.69, 9.17) is 9.47 Å². The second kappa shape index (κ2) is 8.19. The number of benzene rings is 2. The Labute approximate surface area is 193 Å². The topological polar surface area (TPSA) is 78.3 Å². The van der Waals surface area contributed by atoms with Crippen LogP contribution in [0.5, 0.6) is 11.5 Å². The molecule has 0 radical (unpaired) electrons. The van der Waals surface area contributed by atoms with E-state index in [2.05, 4.69) is 15.4 Å². The minimum atomic E-state index is -4.72. The van der Waals surface area contributed by atoms with Crippen LogP contribution in [0.4, 0.5) is 19.1 Å². The Morgan fingerprint density at radius 1 is 0.941 bits per heavy atom.